The molecule has 1 atom stereocenters. The van der Waals surface area contributed by atoms with E-state index in [4.69, 9.17) is 0 Å². The van der Waals surface area contributed by atoms with Crippen LogP contribution in [-0.2, 0) is 11.2 Å². The number of aryl methyl sites for hydroxylation is 2. The summed E-state index contributed by atoms with van der Waals surface area (Å²) in [6, 6.07) is 5.91. The van der Waals surface area contributed by atoms with Gasteiger partial charge in [-0.15, -0.1) is 0 Å². The lowest BCUT2D eigenvalue weighted by molar-refractivity contribution is -0.140. The molecule has 0 aliphatic heterocycles. The van der Waals surface area contributed by atoms with Crippen LogP contribution in [0.1, 0.15) is 46.6 Å². The summed E-state index contributed by atoms with van der Waals surface area (Å²) in [7, 11) is 0. The lowest BCUT2D eigenvalue weighted by Gasteiger charge is -2.18. The first kappa shape index (κ1) is 19.4. The normalized spacial score (nSPS) is 12.0. The molecule has 7 heteroatoms. The van der Waals surface area contributed by atoms with Gasteiger partial charge in [-0.3, -0.25) is 9.59 Å². The van der Waals surface area contributed by atoms with E-state index in [0.717, 1.165) is 16.8 Å². The minimum Gasteiger partial charge on any atom is -0.480 e. The molecule has 0 unspecified atom stereocenters. The average Bonchev–Trinajstić information content (AvgIpc) is 2.56. The number of rotatable bonds is 6. The van der Waals surface area contributed by atoms with E-state index < -0.39 is 17.9 Å². The maximum atomic E-state index is 12.3. The highest BCUT2D eigenvalue weighted by atomic mass is 16.4. The number of hydrogen-bond donors (Lipinski definition) is 3. The lowest BCUT2D eigenvalue weighted by Crippen LogP contribution is -2.44. The number of aliphatic carboxylic acids is 1. The van der Waals surface area contributed by atoms with Gasteiger partial charge in [0, 0.05) is 17.5 Å². The summed E-state index contributed by atoms with van der Waals surface area (Å²) in [6.45, 7) is 7.13. The summed E-state index contributed by atoms with van der Waals surface area (Å²) < 4.78 is 0. The Balaban J connectivity index is 2.21. The highest BCUT2D eigenvalue weighted by Crippen LogP contribution is 2.15. The van der Waals surface area contributed by atoms with Crippen molar-refractivity contribution in [2.75, 3.05) is 0 Å². The van der Waals surface area contributed by atoms with Gasteiger partial charge < -0.3 is 10.4 Å². The highest BCUT2D eigenvalue weighted by molar-refractivity contribution is 5.96. The predicted octanol–water partition coefficient (Wildman–Crippen LogP) is 1.82. The zero-order valence-corrected chi connectivity index (χ0v) is 15.3. The van der Waals surface area contributed by atoms with Crippen molar-refractivity contribution in [2.45, 2.75) is 40.2 Å². The second-order valence-corrected chi connectivity index (χ2v) is 6.72. The Morgan fingerprint density at radius 1 is 1.19 bits per heavy atom. The molecule has 26 heavy (non-hydrogen) atoms. The smallest absolute Gasteiger partial charge is 0.326 e. The van der Waals surface area contributed by atoms with E-state index in [1.165, 1.54) is 0 Å². The zero-order chi connectivity index (χ0) is 19.4. The third-order valence-corrected chi connectivity index (χ3v) is 4.21. The van der Waals surface area contributed by atoms with Crippen LogP contribution in [0.15, 0.2) is 29.1 Å². The first-order valence-corrected chi connectivity index (χ1v) is 8.37. The average molecular weight is 357 g/mol. The number of amides is 1. The Hall–Kier alpha value is -2.96. The van der Waals surface area contributed by atoms with Gasteiger partial charge in [-0.25, -0.2) is 9.89 Å². The van der Waals surface area contributed by atoms with Crippen LogP contribution < -0.4 is 10.9 Å². The molecule has 1 aromatic carbocycles. The van der Waals surface area contributed by atoms with Crippen LogP contribution in [0.3, 0.4) is 0 Å². The SMILES string of the molecule is Cc1cc(Cc2ccc(C(=O)N[C@@H](C(=O)O)C(C)C)cc2C)c(=O)[nH]n1. The Morgan fingerprint density at radius 3 is 2.46 bits per heavy atom. The van der Waals surface area contributed by atoms with Crippen molar-refractivity contribution in [1.82, 2.24) is 15.5 Å². The number of carboxylic acids is 1. The maximum Gasteiger partial charge on any atom is 0.326 e. The van der Waals surface area contributed by atoms with Gasteiger partial charge in [0.25, 0.3) is 11.5 Å². The third-order valence-electron chi connectivity index (χ3n) is 4.21. The molecule has 1 aromatic heterocycles. The molecule has 3 N–H and O–H groups in total. The van der Waals surface area contributed by atoms with Gasteiger partial charge in [-0.1, -0.05) is 19.9 Å². The minimum absolute atomic E-state index is 0.224. The van der Waals surface area contributed by atoms with Crippen molar-refractivity contribution in [3.63, 3.8) is 0 Å². The molecule has 0 bridgehead atoms. The predicted molar refractivity (Wildman–Crippen MR) is 97.3 cm³/mol. The summed E-state index contributed by atoms with van der Waals surface area (Å²) in [4.78, 5) is 35.5. The first-order valence-electron chi connectivity index (χ1n) is 8.37. The van der Waals surface area contributed by atoms with Crippen molar-refractivity contribution < 1.29 is 14.7 Å². The van der Waals surface area contributed by atoms with Crippen LogP contribution in [-0.4, -0.2) is 33.2 Å². The molecule has 1 heterocycles. The number of H-pyrrole nitrogens is 1. The van der Waals surface area contributed by atoms with Crippen molar-refractivity contribution in [3.8, 4) is 0 Å². The third kappa shape index (κ3) is 4.56. The van der Waals surface area contributed by atoms with E-state index in [9.17, 15) is 19.5 Å². The van der Waals surface area contributed by atoms with Crippen LogP contribution in [0.25, 0.3) is 0 Å². The summed E-state index contributed by atoms with van der Waals surface area (Å²) in [5.74, 6) is -1.72. The van der Waals surface area contributed by atoms with E-state index >= 15 is 0 Å². The zero-order valence-electron chi connectivity index (χ0n) is 15.3. The molecule has 0 saturated heterocycles. The maximum absolute atomic E-state index is 12.3. The van der Waals surface area contributed by atoms with Gasteiger partial charge in [0.1, 0.15) is 6.04 Å². The van der Waals surface area contributed by atoms with Crippen molar-refractivity contribution in [3.05, 3.63) is 62.6 Å². The van der Waals surface area contributed by atoms with Gasteiger partial charge in [0.05, 0.1) is 5.69 Å². The molecular formula is C19H23N3O4. The standard InChI is InChI=1S/C19H23N3O4/c1-10(2)16(19(25)26)20-17(23)14-6-5-13(11(3)7-14)9-15-8-12(4)21-22-18(15)24/h5-8,10,16H,9H2,1-4H3,(H,20,23)(H,22,24)(H,25,26)/t16-/m1/s1. The summed E-state index contributed by atoms with van der Waals surface area (Å²) in [5, 5.41) is 18.1. The molecule has 1 amide bonds. The molecule has 0 saturated carbocycles. The summed E-state index contributed by atoms with van der Waals surface area (Å²) in [5.41, 5.74) is 3.24. The second-order valence-electron chi connectivity index (χ2n) is 6.72. The largest absolute Gasteiger partial charge is 0.480 e. The molecule has 0 spiro atoms. The minimum atomic E-state index is -1.06. The quantitative estimate of drug-likeness (QED) is 0.730. The van der Waals surface area contributed by atoms with E-state index in [2.05, 4.69) is 15.5 Å². The number of aromatic nitrogens is 2. The van der Waals surface area contributed by atoms with Crippen LogP contribution in [0.4, 0.5) is 0 Å². The molecule has 0 aliphatic rings. The van der Waals surface area contributed by atoms with Crippen molar-refractivity contribution >= 4 is 11.9 Å². The molecule has 2 aromatic rings. The number of nitrogens with one attached hydrogen (secondary N) is 2. The molecule has 7 nitrogen and oxygen atoms in total. The number of benzene rings is 1. The van der Waals surface area contributed by atoms with Crippen molar-refractivity contribution in [2.24, 2.45) is 5.92 Å². The number of nitrogens with zero attached hydrogens (tertiary/aromatic N) is 1. The topological polar surface area (TPSA) is 112 Å². The molecule has 138 valence electrons. The fourth-order valence-electron chi connectivity index (χ4n) is 2.67. The van der Waals surface area contributed by atoms with E-state index in [0.29, 0.717) is 17.5 Å². The Labute approximate surface area is 151 Å². The van der Waals surface area contributed by atoms with Gasteiger partial charge >= 0.3 is 5.97 Å². The number of carboxylic acid groups (broad SMARTS) is 1. The van der Waals surface area contributed by atoms with E-state index in [-0.39, 0.29) is 11.5 Å². The van der Waals surface area contributed by atoms with Crippen LogP contribution in [0.2, 0.25) is 0 Å². The fraction of sp³-hybridized carbons (Fsp3) is 0.368. The molecule has 0 fully saturated rings. The number of carbonyl (C=O) groups is 2. The fourth-order valence-corrected chi connectivity index (χ4v) is 2.67. The highest BCUT2D eigenvalue weighted by Gasteiger charge is 2.24. The summed E-state index contributed by atoms with van der Waals surface area (Å²) in [6.07, 6.45) is 0.427. The molecular weight excluding hydrogens is 334 g/mol. The second kappa shape index (κ2) is 7.95. The molecule has 0 aliphatic carbocycles. The Kier molecular flexibility index (Phi) is 5.92. The lowest BCUT2D eigenvalue weighted by atomic mass is 9.98. The number of hydrogen-bond acceptors (Lipinski definition) is 4. The van der Waals surface area contributed by atoms with Crippen LogP contribution in [0, 0.1) is 19.8 Å². The summed E-state index contributed by atoms with van der Waals surface area (Å²) >= 11 is 0. The monoisotopic (exact) mass is 357 g/mol. The van der Waals surface area contributed by atoms with Crippen LogP contribution in [0.5, 0.6) is 0 Å². The first-order chi connectivity index (χ1) is 12.2. The van der Waals surface area contributed by atoms with Crippen LogP contribution >= 0.6 is 0 Å². The Morgan fingerprint density at radius 2 is 1.88 bits per heavy atom. The van der Waals surface area contributed by atoms with E-state index in [1.54, 1.807) is 45.0 Å². The molecule has 2 rings (SSSR count). The van der Waals surface area contributed by atoms with Gasteiger partial charge in [-0.05, 0) is 49.1 Å². The van der Waals surface area contributed by atoms with Crippen molar-refractivity contribution in [1.29, 1.82) is 0 Å². The number of aromatic amines is 1. The Bertz CT molecular complexity index is 887. The van der Waals surface area contributed by atoms with Gasteiger partial charge in [0.15, 0.2) is 0 Å². The van der Waals surface area contributed by atoms with E-state index in [1.807, 2.05) is 6.92 Å². The van der Waals surface area contributed by atoms with Gasteiger partial charge in [-0.2, -0.15) is 5.10 Å². The van der Waals surface area contributed by atoms with Gasteiger partial charge in [0.2, 0.25) is 0 Å². The number of carbonyl (C=O) groups excluding carboxylic acids is 1. The molecule has 0 radical (unpaired) electrons.